The van der Waals surface area contributed by atoms with Gasteiger partial charge in [-0.2, -0.15) is 0 Å². The van der Waals surface area contributed by atoms with Gasteiger partial charge in [0.1, 0.15) is 23.7 Å². The monoisotopic (exact) mass is 318 g/mol. The van der Waals surface area contributed by atoms with Gasteiger partial charge in [0.25, 0.3) is 0 Å². The lowest BCUT2D eigenvalue weighted by atomic mass is 10.0. The lowest BCUT2D eigenvalue weighted by Crippen LogP contribution is -2.07. The Morgan fingerprint density at radius 1 is 1.13 bits per heavy atom. The van der Waals surface area contributed by atoms with E-state index in [2.05, 4.69) is 19.9 Å². The van der Waals surface area contributed by atoms with E-state index in [0.717, 1.165) is 18.4 Å². The molecule has 0 aliphatic carbocycles. The van der Waals surface area contributed by atoms with Gasteiger partial charge in [-0.25, -0.2) is 4.79 Å². The van der Waals surface area contributed by atoms with Gasteiger partial charge in [0.2, 0.25) is 0 Å². The summed E-state index contributed by atoms with van der Waals surface area (Å²) in [6.45, 7) is 9.52. The van der Waals surface area contributed by atoms with Crippen LogP contribution in [0.5, 0.6) is 11.5 Å². The first-order valence-corrected chi connectivity index (χ1v) is 7.72. The van der Waals surface area contributed by atoms with Crippen molar-refractivity contribution in [1.82, 2.24) is 0 Å². The number of hydrogen-bond acceptors (Lipinski definition) is 4. The van der Waals surface area contributed by atoms with Crippen molar-refractivity contribution in [2.24, 2.45) is 0 Å². The number of phenolic OH excluding ortho intramolecular Hbond substituents is 2. The zero-order valence-corrected chi connectivity index (χ0v) is 14.6. The zero-order chi connectivity index (χ0) is 17.6. The number of carbonyl (C=O) groups is 1. The first-order valence-electron chi connectivity index (χ1n) is 7.72. The number of aryl methyl sites for hydroxylation is 1. The Balaban J connectivity index is 2.66. The van der Waals surface area contributed by atoms with E-state index >= 15 is 0 Å². The molecule has 0 amide bonds. The van der Waals surface area contributed by atoms with Crippen molar-refractivity contribution in [2.75, 3.05) is 6.61 Å². The first-order chi connectivity index (χ1) is 10.7. The fourth-order valence-corrected chi connectivity index (χ4v) is 2.15. The number of rotatable bonds is 6. The van der Waals surface area contributed by atoms with Crippen molar-refractivity contribution in [3.05, 3.63) is 46.1 Å². The van der Waals surface area contributed by atoms with Crippen LogP contribution in [-0.2, 0) is 4.74 Å². The molecular weight excluding hydrogens is 292 g/mol. The molecule has 0 fully saturated rings. The number of carbonyl (C=O) groups excluding carboxylic acids is 1. The third-order valence-corrected chi connectivity index (χ3v) is 3.66. The Morgan fingerprint density at radius 2 is 1.78 bits per heavy atom. The van der Waals surface area contributed by atoms with Crippen molar-refractivity contribution in [3.8, 4) is 11.5 Å². The molecule has 0 radical (unpaired) electrons. The highest BCUT2D eigenvalue weighted by molar-refractivity contribution is 5.93. The average molecular weight is 318 g/mol. The van der Waals surface area contributed by atoms with Crippen molar-refractivity contribution < 1.29 is 19.7 Å². The zero-order valence-electron chi connectivity index (χ0n) is 14.6. The average Bonchev–Trinajstić information content (AvgIpc) is 2.48. The topological polar surface area (TPSA) is 66.8 Å². The molecule has 0 spiro atoms. The minimum atomic E-state index is -0.595. The van der Waals surface area contributed by atoms with Gasteiger partial charge in [-0.3, -0.25) is 0 Å². The standard InChI is InChI=1S/C19H26O4/c1-12(2)7-6-8-13(3)9-10-23-19(22)16-11-14(4)17(20)15(5)18(16)21/h7,9,11,20-21H,6,8,10H2,1-5H3. The van der Waals surface area contributed by atoms with Crippen molar-refractivity contribution >= 4 is 5.97 Å². The molecule has 0 aliphatic rings. The molecule has 1 rings (SSSR count). The first kappa shape index (κ1) is 18.8. The summed E-state index contributed by atoms with van der Waals surface area (Å²) < 4.78 is 5.18. The molecule has 4 heteroatoms. The van der Waals surface area contributed by atoms with E-state index < -0.39 is 5.97 Å². The van der Waals surface area contributed by atoms with Crippen LogP contribution in [0.4, 0.5) is 0 Å². The van der Waals surface area contributed by atoms with Gasteiger partial charge in [0.15, 0.2) is 0 Å². The molecule has 0 heterocycles. The van der Waals surface area contributed by atoms with Crippen LogP contribution in [0.3, 0.4) is 0 Å². The van der Waals surface area contributed by atoms with Crippen LogP contribution in [0.2, 0.25) is 0 Å². The van der Waals surface area contributed by atoms with Gasteiger partial charge in [0.05, 0.1) is 0 Å². The Labute approximate surface area is 138 Å². The van der Waals surface area contributed by atoms with Crippen LogP contribution >= 0.6 is 0 Å². The highest BCUT2D eigenvalue weighted by atomic mass is 16.5. The van der Waals surface area contributed by atoms with Gasteiger partial charge in [-0.1, -0.05) is 17.2 Å². The van der Waals surface area contributed by atoms with E-state index in [1.807, 2.05) is 13.0 Å². The number of benzene rings is 1. The van der Waals surface area contributed by atoms with E-state index in [1.165, 1.54) is 11.6 Å². The van der Waals surface area contributed by atoms with Crippen LogP contribution < -0.4 is 0 Å². The Bertz CT molecular complexity index is 635. The molecule has 126 valence electrons. The van der Waals surface area contributed by atoms with E-state index in [-0.39, 0.29) is 29.2 Å². The summed E-state index contributed by atoms with van der Waals surface area (Å²) in [5.41, 5.74) is 3.33. The maximum atomic E-state index is 12.1. The third-order valence-electron chi connectivity index (χ3n) is 3.66. The van der Waals surface area contributed by atoms with E-state index in [4.69, 9.17) is 4.74 Å². The molecule has 0 saturated heterocycles. The summed E-state index contributed by atoms with van der Waals surface area (Å²) in [5.74, 6) is -0.835. The lowest BCUT2D eigenvalue weighted by molar-refractivity contribution is 0.0545. The van der Waals surface area contributed by atoms with Crippen LogP contribution in [-0.4, -0.2) is 22.8 Å². The van der Waals surface area contributed by atoms with E-state index in [9.17, 15) is 15.0 Å². The molecule has 1 aromatic carbocycles. The van der Waals surface area contributed by atoms with Crippen LogP contribution in [0.15, 0.2) is 29.4 Å². The predicted molar refractivity (Wildman–Crippen MR) is 92.0 cm³/mol. The van der Waals surface area contributed by atoms with Gasteiger partial charge >= 0.3 is 5.97 Å². The molecule has 0 aliphatic heterocycles. The Kier molecular flexibility index (Phi) is 6.89. The third kappa shape index (κ3) is 5.47. The lowest BCUT2D eigenvalue weighted by Gasteiger charge is -2.10. The number of aromatic hydroxyl groups is 2. The SMILES string of the molecule is CC(C)=CCCC(C)=CCOC(=O)c1cc(C)c(O)c(C)c1O. The molecule has 0 saturated carbocycles. The quantitative estimate of drug-likeness (QED) is 0.596. The van der Waals surface area contributed by atoms with Crippen molar-refractivity contribution in [3.63, 3.8) is 0 Å². The number of phenols is 2. The summed E-state index contributed by atoms with van der Waals surface area (Å²) >= 11 is 0. The number of ether oxygens (including phenoxy) is 1. The van der Waals surface area contributed by atoms with Gasteiger partial charge in [-0.15, -0.1) is 0 Å². The molecule has 0 aromatic heterocycles. The second kappa shape index (κ2) is 8.42. The molecular formula is C19H26O4. The Hall–Kier alpha value is -2.23. The summed E-state index contributed by atoms with van der Waals surface area (Å²) in [6.07, 6.45) is 5.93. The smallest absolute Gasteiger partial charge is 0.342 e. The summed E-state index contributed by atoms with van der Waals surface area (Å²) in [7, 11) is 0. The molecule has 1 aromatic rings. The minimum Gasteiger partial charge on any atom is -0.507 e. The molecule has 0 bridgehead atoms. The van der Waals surface area contributed by atoms with E-state index in [0.29, 0.717) is 5.56 Å². The Morgan fingerprint density at radius 3 is 2.39 bits per heavy atom. The normalized spacial score (nSPS) is 11.3. The summed E-state index contributed by atoms with van der Waals surface area (Å²) in [5, 5.41) is 19.7. The highest BCUT2D eigenvalue weighted by Gasteiger charge is 2.18. The van der Waals surface area contributed by atoms with Crippen LogP contribution in [0.1, 0.15) is 55.1 Å². The highest BCUT2D eigenvalue weighted by Crippen LogP contribution is 2.33. The van der Waals surface area contributed by atoms with Gasteiger partial charge < -0.3 is 14.9 Å². The number of hydrogen-bond donors (Lipinski definition) is 2. The largest absolute Gasteiger partial charge is 0.507 e. The number of esters is 1. The molecule has 23 heavy (non-hydrogen) atoms. The van der Waals surface area contributed by atoms with Crippen LogP contribution in [0.25, 0.3) is 0 Å². The molecule has 0 atom stereocenters. The second-order valence-electron chi connectivity index (χ2n) is 6.03. The maximum Gasteiger partial charge on any atom is 0.342 e. The second-order valence-corrected chi connectivity index (χ2v) is 6.03. The fourth-order valence-electron chi connectivity index (χ4n) is 2.15. The van der Waals surface area contributed by atoms with Gasteiger partial charge in [-0.05, 0) is 65.2 Å². The summed E-state index contributed by atoms with van der Waals surface area (Å²) in [6, 6.07) is 1.44. The van der Waals surface area contributed by atoms with Crippen molar-refractivity contribution in [2.45, 2.75) is 47.5 Å². The maximum absolute atomic E-state index is 12.1. The minimum absolute atomic E-state index is 0.00550. The predicted octanol–water partition coefficient (Wildman–Crippen LogP) is 4.56. The molecule has 2 N–H and O–H groups in total. The fraction of sp³-hybridized carbons (Fsp3) is 0.421. The van der Waals surface area contributed by atoms with Crippen molar-refractivity contribution in [1.29, 1.82) is 0 Å². The number of allylic oxidation sites excluding steroid dienone is 3. The molecule has 4 nitrogen and oxygen atoms in total. The van der Waals surface area contributed by atoms with Gasteiger partial charge in [0, 0.05) is 5.56 Å². The van der Waals surface area contributed by atoms with E-state index in [1.54, 1.807) is 13.8 Å². The van der Waals surface area contributed by atoms with Crippen LogP contribution in [0, 0.1) is 13.8 Å². The molecule has 0 unspecified atom stereocenters. The summed E-state index contributed by atoms with van der Waals surface area (Å²) in [4.78, 5) is 12.1.